The topological polar surface area (TPSA) is 138 Å². The van der Waals surface area contributed by atoms with Crippen LogP contribution in [0.4, 0.5) is 4.79 Å². The lowest BCUT2D eigenvalue weighted by Gasteiger charge is -2.30. The summed E-state index contributed by atoms with van der Waals surface area (Å²) in [5.74, 6) is -0.540. The number of sulfonamides is 1. The molecule has 1 aliphatic heterocycles. The summed E-state index contributed by atoms with van der Waals surface area (Å²) in [6.07, 6.45) is 0.376. The minimum Gasteiger partial charge on any atom is -0.444 e. The van der Waals surface area contributed by atoms with Crippen LogP contribution >= 0.6 is 0 Å². The zero-order valence-corrected chi connectivity index (χ0v) is 21.6. The van der Waals surface area contributed by atoms with E-state index in [1.165, 1.54) is 16.6 Å². The third-order valence-corrected chi connectivity index (χ3v) is 7.30. The summed E-state index contributed by atoms with van der Waals surface area (Å²) in [5, 5.41) is 16.3. The first kappa shape index (κ1) is 28.0. The molecule has 11 heteroatoms. The number of β-amino-alcohol motifs (C(OH)–C–C–N with tert-alkyl or cyclic N) is 1. The molecule has 1 aliphatic rings. The summed E-state index contributed by atoms with van der Waals surface area (Å²) in [6.45, 7) is 10.9. The molecule has 2 heterocycles. The van der Waals surface area contributed by atoms with Crippen molar-refractivity contribution in [3.63, 3.8) is 0 Å². The van der Waals surface area contributed by atoms with Crippen molar-refractivity contribution in [2.24, 2.45) is 11.8 Å². The zero-order chi connectivity index (χ0) is 25.7. The van der Waals surface area contributed by atoms with Gasteiger partial charge >= 0.3 is 6.09 Å². The Morgan fingerprint density at radius 1 is 1.29 bits per heavy atom. The number of hydrogen-bond donors (Lipinski definition) is 3. The molecule has 1 fully saturated rings. The van der Waals surface area contributed by atoms with Crippen LogP contribution in [0, 0.1) is 11.8 Å². The molecule has 0 radical (unpaired) electrons. The Morgan fingerprint density at radius 2 is 1.97 bits per heavy atom. The second-order valence-electron chi connectivity index (χ2n) is 10.2. The third kappa shape index (κ3) is 7.92. The molecule has 0 aliphatic carbocycles. The second-order valence-corrected chi connectivity index (χ2v) is 12.1. The van der Waals surface area contributed by atoms with Crippen LogP contribution < -0.4 is 10.6 Å². The molecule has 3 unspecified atom stereocenters. The van der Waals surface area contributed by atoms with Gasteiger partial charge in [0.1, 0.15) is 11.6 Å². The van der Waals surface area contributed by atoms with Crippen LogP contribution in [0.1, 0.15) is 54.4 Å². The summed E-state index contributed by atoms with van der Waals surface area (Å²) in [5.41, 5.74) is -0.711. The minimum absolute atomic E-state index is 0.0871. The Kier molecular flexibility index (Phi) is 9.44. The van der Waals surface area contributed by atoms with Crippen LogP contribution in [-0.2, 0) is 19.6 Å². The monoisotopic (exact) mass is 498 g/mol. The number of amides is 2. The van der Waals surface area contributed by atoms with Crippen molar-refractivity contribution in [1.29, 1.82) is 0 Å². The van der Waals surface area contributed by atoms with E-state index in [0.29, 0.717) is 12.8 Å². The maximum absolute atomic E-state index is 13.1. The fourth-order valence-electron chi connectivity index (χ4n) is 3.83. The first-order chi connectivity index (χ1) is 15.7. The average Bonchev–Trinajstić information content (AvgIpc) is 2.86. The highest BCUT2D eigenvalue weighted by Gasteiger charge is 2.38. The average molecular weight is 499 g/mol. The van der Waals surface area contributed by atoms with E-state index < -0.39 is 45.8 Å². The van der Waals surface area contributed by atoms with Crippen molar-refractivity contribution in [2.45, 2.75) is 83.2 Å². The fraction of sp³-hybridized carbons (Fsp3) is 0.696. The van der Waals surface area contributed by atoms with Gasteiger partial charge < -0.3 is 20.5 Å². The summed E-state index contributed by atoms with van der Waals surface area (Å²) >= 11 is 0. The molecular weight excluding hydrogens is 460 g/mol. The lowest BCUT2D eigenvalue weighted by molar-refractivity contribution is -0.125. The van der Waals surface area contributed by atoms with Crippen LogP contribution in [-0.4, -0.2) is 71.7 Å². The Labute approximate surface area is 202 Å². The molecule has 0 saturated carbocycles. The molecule has 3 N–H and O–H groups in total. The number of ether oxygens (including phenoxy) is 1. The number of nitrogens with one attached hydrogen (secondary N) is 2. The largest absolute Gasteiger partial charge is 0.444 e. The van der Waals surface area contributed by atoms with Gasteiger partial charge in [-0.15, -0.1) is 0 Å². The SMILES string of the molecule is CC(C)CC(NC(=O)OC(C)(C)C)C(=O)NC1C(C)CCN(S(=O)(=O)c2ccccn2)C[C@@H]1O. The van der Waals surface area contributed by atoms with Crippen molar-refractivity contribution < 1.29 is 27.9 Å². The Hall–Kier alpha value is -2.24. The number of aliphatic hydroxyl groups excluding tert-OH is 1. The highest BCUT2D eigenvalue weighted by Crippen LogP contribution is 2.23. The zero-order valence-electron chi connectivity index (χ0n) is 20.8. The predicted octanol–water partition coefficient (Wildman–Crippen LogP) is 1.90. The molecule has 4 atom stereocenters. The second kappa shape index (κ2) is 11.5. The fourth-order valence-corrected chi connectivity index (χ4v) is 5.23. The van der Waals surface area contributed by atoms with E-state index >= 15 is 0 Å². The highest BCUT2D eigenvalue weighted by atomic mass is 32.2. The number of carbonyl (C=O) groups is 2. The molecule has 0 aromatic carbocycles. The van der Waals surface area contributed by atoms with Gasteiger partial charge in [-0.05, 0) is 57.6 Å². The van der Waals surface area contributed by atoms with E-state index in [-0.39, 0.29) is 30.0 Å². The van der Waals surface area contributed by atoms with Crippen LogP contribution in [0.3, 0.4) is 0 Å². The van der Waals surface area contributed by atoms with Crippen LogP contribution in [0.5, 0.6) is 0 Å². The molecule has 1 aromatic heterocycles. The number of aliphatic hydroxyl groups is 1. The van der Waals surface area contributed by atoms with Gasteiger partial charge in [0.15, 0.2) is 5.03 Å². The van der Waals surface area contributed by atoms with Crippen LogP contribution in [0.25, 0.3) is 0 Å². The van der Waals surface area contributed by atoms with Crippen LogP contribution in [0.2, 0.25) is 0 Å². The standard InChI is InChI=1S/C23H38N4O6S/c1-15(2)13-17(25-22(30)33-23(4,5)6)21(29)26-20-16(3)10-12-27(14-18(20)28)34(31,32)19-9-7-8-11-24-19/h7-9,11,15-18,20,28H,10,12-14H2,1-6H3,(H,25,30)(H,26,29)/t16?,17?,18-,20?/m0/s1. The van der Waals surface area contributed by atoms with Gasteiger partial charge in [0.2, 0.25) is 5.91 Å². The Balaban J connectivity index is 2.14. The summed E-state index contributed by atoms with van der Waals surface area (Å²) in [6, 6.07) is 3.08. The highest BCUT2D eigenvalue weighted by molar-refractivity contribution is 7.89. The van der Waals surface area contributed by atoms with E-state index in [1.807, 2.05) is 20.8 Å². The van der Waals surface area contributed by atoms with Gasteiger partial charge in [0.25, 0.3) is 10.0 Å². The first-order valence-corrected chi connectivity index (χ1v) is 13.0. The van der Waals surface area contributed by atoms with Crippen LogP contribution in [0.15, 0.2) is 29.4 Å². The third-order valence-electron chi connectivity index (χ3n) is 5.52. The van der Waals surface area contributed by atoms with Gasteiger partial charge in [0, 0.05) is 19.3 Å². The van der Waals surface area contributed by atoms with E-state index in [1.54, 1.807) is 32.9 Å². The Bertz CT molecular complexity index is 933. The van der Waals surface area contributed by atoms with Crippen molar-refractivity contribution in [3.8, 4) is 0 Å². The van der Waals surface area contributed by atoms with Gasteiger partial charge in [-0.3, -0.25) is 4.79 Å². The van der Waals surface area contributed by atoms with Gasteiger partial charge in [-0.2, -0.15) is 4.31 Å². The molecule has 34 heavy (non-hydrogen) atoms. The number of rotatable bonds is 7. The number of nitrogens with zero attached hydrogens (tertiary/aromatic N) is 2. The Morgan fingerprint density at radius 3 is 2.53 bits per heavy atom. The smallest absolute Gasteiger partial charge is 0.408 e. The number of aromatic nitrogens is 1. The van der Waals surface area contributed by atoms with Gasteiger partial charge in [0.05, 0.1) is 12.1 Å². The molecule has 1 saturated heterocycles. The summed E-state index contributed by atoms with van der Waals surface area (Å²) < 4.78 is 32.5. The molecule has 1 aromatic rings. The number of hydrogen-bond acceptors (Lipinski definition) is 7. The normalized spacial score (nSPS) is 23.1. The quantitative estimate of drug-likeness (QED) is 0.522. The van der Waals surface area contributed by atoms with E-state index in [9.17, 15) is 23.1 Å². The molecule has 2 rings (SSSR count). The molecule has 10 nitrogen and oxygen atoms in total. The molecule has 0 bridgehead atoms. The van der Waals surface area contributed by atoms with Gasteiger partial charge in [-0.25, -0.2) is 18.2 Å². The van der Waals surface area contributed by atoms with Crippen molar-refractivity contribution >= 4 is 22.0 Å². The van der Waals surface area contributed by atoms with E-state index in [4.69, 9.17) is 4.74 Å². The van der Waals surface area contributed by atoms with Crippen molar-refractivity contribution in [1.82, 2.24) is 19.9 Å². The summed E-state index contributed by atoms with van der Waals surface area (Å²) in [4.78, 5) is 29.3. The summed E-state index contributed by atoms with van der Waals surface area (Å²) in [7, 11) is -3.88. The number of carbonyl (C=O) groups excluding carboxylic acids is 2. The lowest BCUT2D eigenvalue weighted by Crippen LogP contribution is -2.56. The lowest BCUT2D eigenvalue weighted by atomic mass is 9.94. The maximum atomic E-state index is 13.1. The number of pyridine rings is 1. The maximum Gasteiger partial charge on any atom is 0.408 e. The molecular formula is C23H38N4O6S. The first-order valence-electron chi connectivity index (χ1n) is 11.6. The molecule has 2 amide bonds. The molecule has 192 valence electrons. The predicted molar refractivity (Wildman–Crippen MR) is 127 cm³/mol. The van der Waals surface area contributed by atoms with E-state index in [2.05, 4.69) is 15.6 Å². The van der Waals surface area contributed by atoms with Crippen molar-refractivity contribution in [3.05, 3.63) is 24.4 Å². The van der Waals surface area contributed by atoms with E-state index in [0.717, 1.165) is 0 Å². The van der Waals surface area contributed by atoms with Crippen molar-refractivity contribution in [2.75, 3.05) is 13.1 Å². The van der Waals surface area contributed by atoms with Gasteiger partial charge in [-0.1, -0.05) is 26.8 Å². The molecule has 0 spiro atoms. The minimum atomic E-state index is -3.88. The number of alkyl carbamates (subject to hydrolysis) is 1.